The first-order chi connectivity index (χ1) is 9.95. The van der Waals surface area contributed by atoms with E-state index in [-0.39, 0.29) is 5.41 Å². The van der Waals surface area contributed by atoms with Crippen molar-refractivity contribution in [3.63, 3.8) is 0 Å². The van der Waals surface area contributed by atoms with Gasteiger partial charge in [-0.2, -0.15) is 13.2 Å². The number of alkyl halides is 3. The molecule has 1 N–H and O–H groups in total. The Labute approximate surface area is 124 Å². The standard InChI is InChI=1S/C16H23F3N2/c1-2-21(13-16(17,18)19)12-15(8-10-20-11-9-15)14-6-4-3-5-7-14/h3-7,20H,2,8-13H2,1H3. The summed E-state index contributed by atoms with van der Waals surface area (Å²) >= 11 is 0. The summed E-state index contributed by atoms with van der Waals surface area (Å²) in [6.07, 6.45) is -2.38. The molecule has 1 aliphatic rings. The van der Waals surface area contributed by atoms with Crippen molar-refractivity contribution in [2.24, 2.45) is 0 Å². The largest absolute Gasteiger partial charge is 0.401 e. The van der Waals surface area contributed by atoms with E-state index in [0.717, 1.165) is 31.5 Å². The summed E-state index contributed by atoms with van der Waals surface area (Å²) in [4.78, 5) is 1.53. The van der Waals surface area contributed by atoms with Gasteiger partial charge in [-0.3, -0.25) is 4.90 Å². The molecule has 1 fully saturated rings. The molecular formula is C16H23F3N2. The minimum Gasteiger partial charge on any atom is -0.317 e. The van der Waals surface area contributed by atoms with Crippen molar-refractivity contribution in [1.29, 1.82) is 0 Å². The Kier molecular flexibility index (Phi) is 5.27. The summed E-state index contributed by atoms with van der Waals surface area (Å²) in [7, 11) is 0. The minimum atomic E-state index is -4.14. The average Bonchev–Trinajstić information content (AvgIpc) is 2.47. The van der Waals surface area contributed by atoms with Crippen LogP contribution in [0.2, 0.25) is 0 Å². The van der Waals surface area contributed by atoms with Gasteiger partial charge >= 0.3 is 6.18 Å². The SMILES string of the molecule is CCN(CC(F)(F)F)CC1(c2ccccc2)CCNCC1. The first kappa shape index (κ1) is 16.3. The van der Waals surface area contributed by atoms with Crippen molar-refractivity contribution >= 4 is 0 Å². The van der Waals surface area contributed by atoms with Crippen molar-refractivity contribution in [1.82, 2.24) is 10.2 Å². The molecule has 0 radical (unpaired) electrons. The van der Waals surface area contributed by atoms with E-state index in [9.17, 15) is 13.2 Å². The fraction of sp³-hybridized carbons (Fsp3) is 0.625. The molecule has 1 aliphatic heterocycles. The van der Waals surface area contributed by atoms with Crippen LogP contribution in [0.15, 0.2) is 30.3 Å². The highest BCUT2D eigenvalue weighted by Crippen LogP contribution is 2.35. The predicted octanol–water partition coefficient (Wildman–Crippen LogP) is 3.19. The fourth-order valence-electron chi connectivity index (χ4n) is 3.20. The number of rotatable bonds is 5. The van der Waals surface area contributed by atoms with Gasteiger partial charge in [-0.05, 0) is 38.0 Å². The van der Waals surface area contributed by atoms with E-state index in [4.69, 9.17) is 0 Å². The van der Waals surface area contributed by atoms with Crippen molar-refractivity contribution < 1.29 is 13.2 Å². The monoisotopic (exact) mass is 300 g/mol. The third-order valence-corrected chi connectivity index (χ3v) is 4.32. The van der Waals surface area contributed by atoms with Crippen molar-refractivity contribution in [2.75, 3.05) is 32.7 Å². The predicted molar refractivity (Wildman–Crippen MR) is 78.4 cm³/mol. The van der Waals surface area contributed by atoms with Crippen LogP contribution in [0.25, 0.3) is 0 Å². The molecule has 2 rings (SSSR count). The van der Waals surface area contributed by atoms with Crippen molar-refractivity contribution in [2.45, 2.75) is 31.4 Å². The van der Waals surface area contributed by atoms with Gasteiger partial charge in [0.25, 0.3) is 0 Å². The van der Waals surface area contributed by atoms with E-state index in [0.29, 0.717) is 13.1 Å². The van der Waals surface area contributed by atoms with E-state index in [1.54, 1.807) is 6.92 Å². The Balaban J connectivity index is 2.20. The molecule has 1 heterocycles. The van der Waals surface area contributed by atoms with Crippen molar-refractivity contribution in [3.8, 4) is 0 Å². The van der Waals surface area contributed by atoms with Gasteiger partial charge in [-0.25, -0.2) is 0 Å². The molecule has 1 aromatic carbocycles. The first-order valence-electron chi connectivity index (χ1n) is 7.50. The number of benzene rings is 1. The summed E-state index contributed by atoms with van der Waals surface area (Å²) in [5, 5.41) is 3.31. The van der Waals surface area contributed by atoms with Gasteiger partial charge in [-0.15, -0.1) is 0 Å². The van der Waals surface area contributed by atoms with Crippen LogP contribution in [-0.4, -0.2) is 43.8 Å². The Hall–Kier alpha value is -1.07. The van der Waals surface area contributed by atoms with E-state index >= 15 is 0 Å². The number of hydrogen-bond donors (Lipinski definition) is 1. The van der Waals surface area contributed by atoms with Gasteiger partial charge < -0.3 is 5.32 Å². The van der Waals surface area contributed by atoms with Crippen molar-refractivity contribution in [3.05, 3.63) is 35.9 Å². The molecule has 0 aromatic heterocycles. The Bertz CT molecular complexity index is 425. The number of halogens is 3. The Morgan fingerprint density at radius 3 is 2.29 bits per heavy atom. The molecule has 1 saturated heterocycles. The fourth-order valence-corrected chi connectivity index (χ4v) is 3.20. The maximum absolute atomic E-state index is 12.7. The molecule has 0 atom stereocenters. The molecule has 0 saturated carbocycles. The summed E-state index contributed by atoms with van der Waals surface area (Å²) in [5.41, 5.74) is 0.987. The van der Waals surface area contributed by atoms with Crippen LogP contribution < -0.4 is 5.32 Å². The third-order valence-electron chi connectivity index (χ3n) is 4.32. The number of likely N-dealkylation sites (N-methyl/N-ethyl adjacent to an activating group) is 1. The zero-order valence-corrected chi connectivity index (χ0v) is 12.4. The van der Waals surface area contributed by atoms with Crippen LogP contribution in [-0.2, 0) is 5.41 Å². The minimum absolute atomic E-state index is 0.173. The molecule has 2 nitrogen and oxygen atoms in total. The Morgan fingerprint density at radius 1 is 1.14 bits per heavy atom. The third kappa shape index (κ3) is 4.45. The summed E-state index contributed by atoms with van der Waals surface area (Å²) in [6.45, 7) is 3.57. The van der Waals surface area contributed by atoms with E-state index in [2.05, 4.69) is 5.32 Å². The number of piperidine rings is 1. The zero-order chi connectivity index (χ0) is 15.3. The molecule has 118 valence electrons. The van der Waals surface area contributed by atoms with Gasteiger partial charge in [0, 0.05) is 12.0 Å². The van der Waals surface area contributed by atoms with Gasteiger partial charge in [0.2, 0.25) is 0 Å². The van der Waals surface area contributed by atoms with E-state index < -0.39 is 12.7 Å². The lowest BCUT2D eigenvalue weighted by Gasteiger charge is -2.42. The highest BCUT2D eigenvalue weighted by Gasteiger charge is 2.38. The molecule has 0 spiro atoms. The summed E-state index contributed by atoms with van der Waals surface area (Å²) < 4.78 is 38.2. The molecule has 1 aromatic rings. The second-order valence-corrected chi connectivity index (χ2v) is 5.81. The molecule has 21 heavy (non-hydrogen) atoms. The first-order valence-corrected chi connectivity index (χ1v) is 7.50. The summed E-state index contributed by atoms with van der Waals surface area (Å²) in [6, 6.07) is 9.99. The number of nitrogens with one attached hydrogen (secondary N) is 1. The van der Waals surface area contributed by atoms with Gasteiger partial charge in [0.1, 0.15) is 0 Å². The highest BCUT2D eigenvalue weighted by atomic mass is 19.4. The quantitative estimate of drug-likeness (QED) is 0.898. The van der Waals surface area contributed by atoms with E-state index in [1.165, 1.54) is 4.90 Å². The number of nitrogens with zero attached hydrogens (tertiary/aromatic N) is 1. The lowest BCUT2D eigenvalue weighted by molar-refractivity contribution is -0.147. The molecule has 0 bridgehead atoms. The second-order valence-electron chi connectivity index (χ2n) is 5.81. The van der Waals surface area contributed by atoms with Crippen LogP contribution in [0, 0.1) is 0 Å². The highest BCUT2D eigenvalue weighted by molar-refractivity contribution is 5.27. The lowest BCUT2D eigenvalue weighted by Crippen LogP contribution is -2.49. The topological polar surface area (TPSA) is 15.3 Å². The smallest absolute Gasteiger partial charge is 0.317 e. The zero-order valence-electron chi connectivity index (χ0n) is 12.4. The van der Waals surface area contributed by atoms with Crippen LogP contribution in [0.5, 0.6) is 0 Å². The van der Waals surface area contributed by atoms with Crippen LogP contribution in [0.3, 0.4) is 0 Å². The van der Waals surface area contributed by atoms with Gasteiger partial charge in [0.05, 0.1) is 6.54 Å². The maximum Gasteiger partial charge on any atom is 0.401 e. The van der Waals surface area contributed by atoms with Gasteiger partial charge in [0.15, 0.2) is 0 Å². The number of hydrogen-bond acceptors (Lipinski definition) is 2. The molecule has 0 unspecified atom stereocenters. The van der Waals surface area contributed by atoms with E-state index in [1.807, 2.05) is 30.3 Å². The van der Waals surface area contributed by atoms with Crippen LogP contribution >= 0.6 is 0 Å². The second kappa shape index (κ2) is 6.79. The Morgan fingerprint density at radius 2 is 1.76 bits per heavy atom. The molecular weight excluding hydrogens is 277 g/mol. The summed E-state index contributed by atoms with van der Waals surface area (Å²) in [5.74, 6) is 0. The molecule has 0 aliphatic carbocycles. The molecule has 5 heteroatoms. The maximum atomic E-state index is 12.7. The van der Waals surface area contributed by atoms with Crippen LogP contribution in [0.1, 0.15) is 25.3 Å². The average molecular weight is 300 g/mol. The molecule has 0 amide bonds. The normalized spacial score (nSPS) is 18.9. The van der Waals surface area contributed by atoms with Gasteiger partial charge in [-0.1, -0.05) is 37.3 Å². The van der Waals surface area contributed by atoms with Crippen LogP contribution in [0.4, 0.5) is 13.2 Å². The lowest BCUT2D eigenvalue weighted by atomic mass is 9.72.